The summed E-state index contributed by atoms with van der Waals surface area (Å²) in [4.78, 5) is 4.90. The van der Waals surface area contributed by atoms with Gasteiger partial charge in [-0.3, -0.25) is 0 Å². The van der Waals surface area contributed by atoms with Crippen molar-refractivity contribution in [3.05, 3.63) is 304 Å². The fourth-order valence-electron chi connectivity index (χ4n) is 18.0. The molecular weight excluding hydrogens is 1440 g/mol. The molecule has 13 aromatic carbocycles. The predicted molar refractivity (Wildman–Crippen MR) is 519 cm³/mol. The van der Waals surface area contributed by atoms with Crippen molar-refractivity contribution in [3.63, 3.8) is 0 Å². The van der Waals surface area contributed by atoms with E-state index in [1.807, 2.05) is 24.3 Å². The first-order valence-corrected chi connectivity index (χ1v) is 42.4. The van der Waals surface area contributed by atoms with Crippen molar-refractivity contribution in [2.75, 3.05) is 9.80 Å². The molecule has 4 heterocycles. The maximum absolute atomic E-state index is 10.1. The van der Waals surface area contributed by atoms with Crippen molar-refractivity contribution in [2.24, 2.45) is 0 Å². The van der Waals surface area contributed by atoms with Gasteiger partial charge < -0.3 is 18.9 Å². The normalized spacial score (nSPS) is 15.7. The lowest BCUT2D eigenvalue weighted by atomic mass is 9.33. The van der Waals surface area contributed by atoms with Crippen LogP contribution in [-0.2, 0) is 48.7 Å². The fourth-order valence-corrected chi connectivity index (χ4v) is 18.0. The zero-order valence-corrected chi connectivity index (χ0v) is 74.9. The Labute approximate surface area is 734 Å². The number of nitrogens with zero attached hydrogens (tertiary/aromatic N) is 4. The molecule has 0 fully saturated rings. The van der Waals surface area contributed by atoms with Gasteiger partial charge in [0.05, 0.1) is 55.4 Å². The first-order valence-electron chi connectivity index (χ1n) is 50.4. The summed E-state index contributed by atoms with van der Waals surface area (Å²) < 4.78 is 158. The Morgan fingerprint density at radius 1 is 0.252 bits per heavy atom. The average Bonchev–Trinajstić information content (AvgIpc) is 1.69. The Morgan fingerprint density at radius 3 is 0.874 bits per heavy atom. The van der Waals surface area contributed by atoms with Crippen LogP contribution in [0.25, 0.3) is 99.5 Å². The quantitative estimate of drug-likeness (QED) is 0.141. The van der Waals surface area contributed by atoms with Gasteiger partial charge in [0.1, 0.15) is 0 Å². The lowest BCUT2D eigenvalue weighted by Gasteiger charge is -2.47. The molecule has 0 saturated heterocycles. The van der Waals surface area contributed by atoms with E-state index in [0.717, 1.165) is 134 Å². The summed E-state index contributed by atoms with van der Waals surface area (Å²) in [7, 11) is 0. The topological polar surface area (TPSA) is 16.3 Å². The summed E-state index contributed by atoms with van der Waals surface area (Å²) >= 11 is 0. The molecule has 0 aliphatic carbocycles. The monoisotopic (exact) mass is 1580 g/mol. The molecule has 602 valence electrons. The van der Waals surface area contributed by atoms with E-state index in [2.05, 4.69) is 330 Å². The minimum atomic E-state index is -0.813. The van der Waals surface area contributed by atoms with Crippen molar-refractivity contribution in [1.82, 2.24) is 9.13 Å². The number of para-hydroxylation sites is 4. The number of aromatic nitrogens is 2. The van der Waals surface area contributed by atoms with Gasteiger partial charge >= 0.3 is 0 Å². The number of hydrogen-bond acceptors (Lipinski definition) is 2. The maximum Gasteiger partial charge on any atom is 0.252 e. The Kier molecular flexibility index (Phi) is 14.8. The Morgan fingerprint density at radius 2 is 0.546 bits per heavy atom. The molecule has 0 unspecified atom stereocenters. The van der Waals surface area contributed by atoms with E-state index in [0.29, 0.717) is 22.7 Å². The number of hydrogen-bond donors (Lipinski definition) is 0. The molecule has 15 aromatic rings. The molecule has 0 spiro atoms. The molecule has 5 heteroatoms. The number of fused-ring (bicyclic) bond motifs is 10. The molecule has 0 amide bonds. The number of anilines is 6. The van der Waals surface area contributed by atoms with Crippen molar-refractivity contribution in [1.29, 1.82) is 0 Å². The van der Waals surface area contributed by atoms with Gasteiger partial charge in [-0.25, -0.2) is 0 Å². The summed E-state index contributed by atoms with van der Waals surface area (Å²) in [6.07, 6.45) is 0. The SMILES string of the molecule is [2H]c1c([2H])c([2H])c2c(c1[2H])c1c([2H])c([2H])c([2H])c([2H])c1n2-c1ccc2c(c1)N(c1c(-c3ccc(C(C)(C)C)cc3)cc(C(C)(C)C)cc1-c1cc(C(C)(C)C)cc(C(C)(C)C)c1)c1cc(C(C)(C)C)cc3c1B2c1ccc(-n2c4c([2H])c([2H])c([2H])c([2H])c4c4c([2H])c([2H])c([2H])c([2H])c42)cc1N3c1c(-c2ccc(C(C)(C)C)cc2)cc(C(C)(C)C)cc1-c1c(C(C)(C)C)cccc1C(C)(C)C. The Hall–Kier alpha value is -10.9. The lowest BCUT2D eigenvalue weighted by molar-refractivity contribution is 0.569. The highest BCUT2D eigenvalue weighted by Gasteiger charge is 2.48. The largest absolute Gasteiger partial charge is 0.310 e. The molecular formula is C114H123BN4. The molecule has 0 atom stereocenters. The molecule has 2 aliphatic rings. The van der Waals surface area contributed by atoms with Crippen molar-refractivity contribution >= 4 is 101 Å². The van der Waals surface area contributed by atoms with E-state index < -0.39 is 130 Å². The van der Waals surface area contributed by atoms with Crippen LogP contribution >= 0.6 is 0 Å². The predicted octanol–water partition coefficient (Wildman–Crippen LogP) is 30.3. The van der Waals surface area contributed by atoms with Gasteiger partial charge in [-0.2, -0.15) is 0 Å². The second-order valence-corrected chi connectivity index (χ2v) is 42.9. The molecule has 4 nitrogen and oxygen atoms in total. The van der Waals surface area contributed by atoms with E-state index in [-0.39, 0.29) is 65.3 Å². The van der Waals surface area contributed by atoms with Crippen molar-refractivity contribution in [3.8, 4) is 55.9 Å². The fraction of sp³-hybridized carbons (Fsp3) is 0.316. The molecule has 0 N–H and O–H groups in total. The summed E-state index contributed by atoms with van der Waals surface area (Å²) in [5.74, 6) is 0. The summed E-state index contributed by atoms with van der Waals surface area (Å²) in [5.41, 5.74) is 20.5. The van der Waals surface area contributed by atoms with Crippen LogP contribution in [0, 0.1) is 0 Å². The second-order valence-electron chi connectivity index (χ2n) is 42.9. The molecule has 0 saturated carbocycles. The standard InChI is InChI=1S/C114H123BN4/c1-106(2,3)73-51-47-70(48-52-73)86-62-77(110(13,14)15)64-88(72-59-75(108(7,8)9)61-76(60-72)109(10,11)12)104(86)118-98-68-80(116-94-43-32-28-37-82(94)83-38-29-33-44-95(83)116)55-57-92(98)115-93-58-56-81(117-96-45-34-30-39-84(96)85-40-31-35-46-97(85)117)69-99(93)119(101-67-79(112(19,20)21)66-100(118)103(101)115)105-87(71-49-53-74(54-50-71)107(4,5)6)63-78(111(16,17)18)65-89(105)102-90(113(22,23)24)41-36-42-91(102)114(25,26)27/h28-69H,1-27H3/i28D,29D,30D,31D,32D,33D,34D,35D,37D,38D,39D,40D,43D,44D,45D,46D. The lowest BCUT2D eigenvalue weighted by Crippen LogP contribution is -2.61. The Bertz CT molecular complexity index is 7380. The van der Waals surface area contributed by atoms with E-state index in [1.54, 1.807) is 9.13 Å². The van der Waals surface area contributed by atoms with Crippen LogP contribution in [-0.4, -0.2) is 15.8 Å². The average molecular weight is 1580 g/mol. The van der Waals surface area contributed by atoms with Gasteiger partial charge in [-0.15, -0.1) is 0 Å². The van der Waals surface area contributed by atoms with E-state index in [1.165, 1.54) is 0 Å². The molecule has 0 bridgehead atoms. The highest BCUT2D eigenvalue weighted by atomic mass is 15.2. The maximum atomic E-state index is 10.1. The first-order chi connectivity index (χ1) is 62.4. The van der Waals surface area contributed by atoms with Gasteiger partial charge in [0, 0.05) is 77.9 Å². The van der Waals surface area contributed by atoms with Gasteiger partial charge in [0.25, 0.3) is 6.71 Å². The van der Waals surface area contributed by atoms with Gasteiger partial charge in [-0.05, 0) is 222 Å². The van der Waals surface area contributed by atoms with Crippen LogP contribution in [0.2, 0.25) is 0 Å². The highest BCUT2D eigenvalue weighted by molar-refractivity contribution is 7.00. The van der Waals surface area contributed by atoms with Crippen LogP contribution in [0.1, 0.15) is 259 Å². The molecule has 2 aliphatic heterocycles. The van der Waals surface area contributed by atoms with Crippen LogP contribution in [0.3, 0.4) is 0 Å². The molecule has 17 rings (SSSR count). The van der Waals surface area contributed by atoms with Crippen LogP contribution in [0.5, 0.6) is 0 Å². The Balaban J connectivity index is 1.17. The highest BCUT2D eigenvalue weighted by Crippen LogP contribution is 2.58. The smallest absolute Gasteiger partial charge is 0.252 e. The third kappa shape index (κ3) is 14.0. The van der Waals surface area contributed by atoms with E-state index >= 15 is 0 Å². The molecule has 119 heavy (non-hydrogen) atoms. The van der Waals surface area contributed by atoms with Gasteiger partial charge in [0.2, 0.25) is 0 Å². The summed E-state index contributed by atoms with van der Waals surface area (Å²) in [6.45, 7) is 60.0. The van der Waals surface area contributed by atoms with E-state index in [4.69, 9.17) is 0 Å². The zero-order valence-electron chi connectivity index (χ0n) is 90.9. The number of rotatable bonds is 8. The minimum absolute atomic E-state index is 0.0439. The third-order valence-electron chi connectivity index (χ3n) is 24.9. The van der Waals surface area contributed by atoms with E-state index in [9.17, 15) is 21.9 Å². The summed E-state index contributed by atoms with van der Waals surface area (Å²) in [6, 6.07) is 49.9. The summed E-state index contributed by atoms with van der Waals surface area (Å²) in [5, 5.41) is -0.268. The number of benzene rings is 13. The third-order valence-corrected chi connectivity index (χ3v) is 24.9. The van der Waals surface area contributed by atoms with Crippen LogP contribution in [0.15, 0.2) is 254 Å². The molecule has 2 aromatic heterocycles. The second kappa shape index (κ2) is 27.9. The van der Waals surface area contributed by atoms with Crippen LogP contribution < -0.4 is 26.2 Å². The molecule has 0 radical (unpaired) electrons. The van der Waals surface area contributed by atoms with Crippen molar-refractivity contribution < 1.29 is 21.9 Å². The van der Waals surface area contributed by atoms with Crippen molar-refractivity contribution in [2.45, 2.75) is 236 Å². The van der Waals surface area contributed by atoms with Gasteiger partial charge in [0.15, 0.2) is 0 Å². The first kappa shape index (κ1) is 63.2. The zero-order chi connectivity index (χ0) is 98.8. The van der Waals surface area contributed by atoms with Crippen LogP contribution in [0.4, 0.5) is 34.1 Å². The minimum Gasteiger partial charge on any atom is -0.310 e. The van der Waals surface area contributed by atoms with Gasteiger partial charge in [-0.1, -0.05) is 357 Å².